The molecule has 0 unspecified atom stereocenters. The fourth-order valence-electron chi connectivity index (χ4n) is 1.96. The Kier molecular flexibility index (Phi) is 4.58. The molecule has 7 nitrogen and oxygen atoms in total. The van der Waals surface area contributed by atoms with E-state index in [1.54, 1.807) is 19.5 Å². The predicted octanol–water partition coefficient (Wildman–Crippen LogP) is 2.63. The van der Waals surface area contributed by atoms with Crippen LogP contribution in [-0.2, 0) is 6.54 Å². The van der Waals surface area contributed by atoms with Crippen LogP contribution in [0.4, 0.5) is 17.5 Å². The second-order valence-corrected chi connectivity index (χ2v) is 4.70. The van der Waals surface area contributed by atoms with Gasteiger partial charge in [0.1, 0.15) is 5.75 Å². The Morgan fingerprint density at radius 3 is 2.91 bits per heavy atom. The lowest BCUT2D eigenvalue weighted by molar-refractivity contribution is 0.415. The first-order chi connectivity index (χ1) is 11.3. The Morgan fingerprint density at radius 1 is 1.13 bits per heavy atom. The summed E-state index contributed by atoms with van der Waals surface area (Å²) in [7, 11) is 1.63. The first-order valence-electron chi connectivity index (χ1n) is 7.08. The number of nitrogens with one attached hydrogen (secondary N) is 2. The molecule has 0 atom stereocenters. The van der Waals surface area contributed by atoms with Crippen LogP contribution >= 0.6 is 0 Å². The average Bonchev–Trinajstić information content (AvgIpc) is 2.61. The van der Waals surface area contributed by atoms with E-state index in [0.29, 0.717) is 18.3 Å². The van der Waals surface area contributed by atoms with E-state index >= 15 is 0 Å². The highest BCUT2D eigenvalue weighted by Gasteiger charge is 2.02. The number of ether oxygens (including phenoxy) is 1. The molecule has 0 saturated heterocycles. The molecule has 0 saturated carbocycles. The van der Waals surface area contributed by atoms with Gasteiger partial charge in [-0.1, -0.05) is 12.1 Å². The molecule has 116 valence electrons. The van der Waals surface area contributed by atoms with Gasteiger partial charge in [0, 0.05) is 18.0 Å². The highest BCUT2D eigenvalue weighted by atomic mass is 16.5. The number of anilines is 3. The lowest BCUT2D eigenvalue weighted by Gasteiger charge is -2.08. The van der Waals surface area contributed by atoms with Crippen LogP contribution in [0.1, 0.15) is 5.69 Å². The Hall–Kier alpha value is -3.22. The summed E-state index contributed by atoms with van der Waals surface area (Å²) in [4.78, 5) is 8.61. The van der Waals surface area contributed by atoms with Gasteiger partial charge in [-0.25, -0.2) is 0 Å². The highest BCUT2D eigenvalue weighted by molar-refractivity contribution is 5.58. The van der Waals surface area contributed by atoms with E-state index in [2.05, 4.69) is 30.8 Å². The molecule has 0 radical (unpaired) electrons. The summed E-state index contributed by atoms with van der Waals surface area (Å²) in [5.41, 5.74) is 1.77. The standard InChI is InChI=1S/C16H16N6O/c1-23-14-7-4-6-12(9-14)20-15-11-19-22-16(21-15)18-10-13-5-2-3-8-17-13/h2-9,11H,10H2,1H3,(H2,18,20,21,22). The Morgan fingerprint density at radius 2 is 2.09 bits per heavy atom. The predicted molar refractivity (Wildman–Crippen MR) is 87.7 cm³/mol. The number of nitrogens with zero attached hydrogens (tertiary/aromatic N) is 4. The van der Waals surface area contributed by atoms with Gasteiger partial charge in [-0.2, -0.15) is 10.1 Å². The molecular formula is C16H16N6O. The van der Waals surface area contributed by atoms with Crippen molar-refractivity contribution in [2.45, 2.75) is 6.54 Å². The molecule has 2 aromatic heterocycles. The van der Waals surface area contributed by atoms with Crippen molar-refractivity contribution < 1.29 is 4.74 Å². The molecule has 0 amide bonds. The Labute approximate surface area is 133 Å². The van der Waals surface area contributed by atoms with Crippen LogP contribution in [0.15, 0.2) is 54.9 Å². The van der Waals surface area contributed by atoms with E-state index in [1.807, 2.05) is 42.5 Å². The molecule has 3 rings (SSSR count). The zero-order valence-corrected chi connectivity index (χ0v) is 12.6. The summed E-state index contributed by atoms with van der Waals surface area (Å²) in [6.45, 7) is 0.533. The van der Waals surface area contributed by atoms with Gasteiger partial charge in [0.2, 0.25) is 5.95 Å². The molecule has 0 spiro atoms. The van der Waals surface area contributed by atoms with Crippen LogP contribution in [0.3, 0.4) is 0 Å². The molecule has 0 bridgehead atoms. The van der Waals surface area contributed by atoms with Crippen LogP contribution in [0.2, 0.25) is 0 Å². The topological polar surface area (TPSA) is 84.9 Å². The van der Waals surface area contributed by atoms with Crippen molar-refractivity contribution in [1.29, 1.82) is 0 Å². The van der Waals surface area contributed by atoms with Gasteiger partial charge in [0.15, 0.2) is 5.82 Å². The number of hydrogen-bond acceptors (Lipinski definition) is 7. The van der Waals surface area contributed by atoms with Crippen molar-refractivity contribution in [2.75, 3.05) is 17.7 Å². The quantitative estimate of drug-likeness (QED) is 0.724. The van der Waals surface area contributed by atoms with E-state index in [4.69, 9.17) is 4.74 Å². The third-order valence-electron chi connectivity index (χ3n) is 3.05. The fraction of sp³-hybridized carbons (Fsp3) is 0.125. The summed E-state index contributed by atoms with van der Waals surface area (Å²) in [5, 5.41) is 14.2. The summed E-state index contributed by atoms with van der Waals surface area (Å²) >= 11 is 0. The van der Waals surface area contributed by atoms with Gasteiger partial charge < -0.3 is 15.4 Å². The normalized spacial score (nSPS) is 10.1. The Balaban J connectivity index is 1.67. The maximum absolute atomic E-state index is 5.20. The van der Waals surface area contributed by atoms with Crippen LogP contribution in [0.25, 0.3) is 0 Å². The average molecular weight is 308 g/mol. The van der Waals surface area contributed by atoms with Crippen molar-refractivity contribution in [3.63, 3.8) is 0 Å². The smallest absolute Gasteiger partial charge is 0.245 e. The number of methoxy groups -OCH3 is 1. The molecule has 0 aliphatic carbocycles. The van der Waals surface area contributed by atoms with Gasteiger partial charge in [-0.05, 0) is 24.3 Å². The summed E-state index contributed by atoms with van der Waals surface area (Å²) in [6.07, 6.45) is 3.31. The second kappa shape index (κ2) is 7.17. The monoisotopic (exact) mass is 308 g/mol. The van der Waals surface area contributed by atoms with Crippen LogP contribution < -0.4 is 15.4 Å². The van der Waals surface area contributed by atoms with Gasteiger partial charge >= 0.3 is 0 Å². The second-order valence-electron chi connectivity index (χ2n) is 4.70. The van der Waals surface area contributed by atoms with Gasteiger partial charge in [-0.15, -0.1) is 5.10 Å². The minimum absolute atomic E-state index is 0.434. The van der Waals surface area contributed by atoms with Crippen molar-refractivity contribution in [3.8, 4) is 5.75 Å². The number of hydrogen-bond donors (Lipinski definition) is 2. The SMILES string of the molecule is COc1cccc(Nc2cnnc(NCc3ccccn3)n2)c1. The molecule has 3 aromatic rings. The largest absolute Gasteiger partial charge is 0.497 e. The van der Waals surface area contributed by atoms with Gasteiger partial charge in [0.05, 0.1) is 25.5 Å². The summed E-state index contributed by atoms with van der Waals surface area (Å²) in [6, 6.07) is 13.3. The van der Waals surface area contributed by atoms with E-state index in [1.165, 1.54) is 0 Å². The third-order valence-corrected chi connectivity index (χ3v) is 3.05. The van der Waals surface area contributed by atoms with E-state index in [0.717, 1.165) is 17.1 Å². The van der Waals surface area contributed by atoms with Gasteiger partial charge in [0.25, 0.3) is 0 Å². The van der Waals surface area contributed by atoms with Crippen molar-refractivity contribution in [3.05, 3.63) is 60.6 Å². The molecular weight excluding hydrogens is 292 g/mol. The molecule has 2 N–H and O–H groups in total. The van der Waals surface area contributed by atoms with Crippen LogP contribution in [-0.4, -0.2) is 27.3 Å². The van der Waals surface area contributed by atoms with Crippen LogP contribution in [0.5, 0.6) is 5.75 Å². The number of rotatable bonds is 6. The number of aromatic nitrogens is 4. The first-order valence-corrected chi connectivity index (χ1v) is 7.08. The fourth-order valence-corrected chi connectivity index (χ4v) is 1.96. The zero-order valence-electron chi connectivity index (χ0n) is 12.6. The third kappa shape index (κ3) is 4.13. The molecule has 23 heavy (non-hydrogen) atoms. The summed E-state index contributed by atoms with van der Waals surface area (Å²) < 4.78 is 5.20. The highest BCUT2D eigenvalue weighted by Crippen LogP contribution is 2.20. The number of benzene rings is 1. The molecule has 1 aromatic carbocycles. The molecule has 7 heteroatoms. The Bertz CT molecular complexity index is 765. The van der Waals surface area contributed by atoms with Gasteiger partial charge in [-0.3, -0.25) is 4.98 Å². The van der Waals surface area contributed by atoms with Crippen molar-refractivity contribution >= 4 is 17.5 Å². The maximum Gasteiger partial charge on any atom is 0.245 e. The molecule has 0 aliphatic rings. The van der Waals surface area contributed by atoms with E-state index < -0.39 is 0 Å². The molecule has 2 heterocycles. The van der Waals surface area contributed by atoms with Crippen LogP contribution in [0, 0.1) is 0 Å². The first kappa shape index (κ1) is 14.7. The maximum atomic E-state index is 5.20. The molecule has 0 fully saturated rings. The minimum Gasteiger partial charge on any atom is -0.497 e. The van der Waals surface area contributed by atoms with E-state index in [-0.39, 0.29) is 0 Å². The van der Waals surface area contributed by atoms with Crippen molar-refractivity contribution in [2.24, 2.45) is 0 Å². The summed E-state index contributed by atoms with van der Waals surface area (Å²) in [5.74, 6) is 1.80. The lowest BCUT2D eigenvalue weighted by Crippen LogP contribution is -2.07. The van der Waals surface area contributed by atoms with Crippen molar-refractivity contribution in [1.82, 2.24) is 20.2 Å². The zero-order chi connectivity index (χ0) is 15.9. The molecule has 0 aliphatic heterocycles. The number of pyridine rings is 1. The van der Waals surface area contributed by atoms with E-state index in [9.17, 15) is 0 Å². The minimum atomic E-state index is 0.434. The lowest BCUT2D eigenvalue weighted by atomic mass is 10.3.